The van der Waals surface area contributed by atoms with Crippen LogP contribution in [0.15, 0.2) is 21.9 Å². The summed E-state index contributed by atoms with van der Waals surface area (Å²) in [4.78, 5) is 24.9. The van der Waals surface area contributed by atoms with E-state index in [1.165, 1.54) is 0 Å². The van der Waals surface area contributed by atoms with Crippen LogP contribution in [0.1, 0.15) is 6.23 Å². The normalized spacial score (nSPS) is 41.4. The lowest BCUT2D eigenvalue weighted by atomic mass is 9.99. The minimum absolute atomic E-state index is 0.717. The lowest BCUT2D eigenvalue weighted by Gasteiger charge is -2.40. The van der Waals surface area contributed by atoms with Crippen LogP contribution in [0.25, 0.3) is 0 Å². The minimum atomic E-state index is -2.52. The maximum Gasteiger partial charge on any atom is 0.330 e. The third-order valence-electron chi connectivity index (χ3n) is 4.77. The first-order valence-electron chi connectivity index (χ1n) is 8.58. The second kappa shape index (κ2) is 8.55. The zero-order valence-corrected chi connectivity index (χ0v) is 14.7. The third kappa shape index (κ3) is 4.11. The van der Waals surface area contributed by atoms with Crippen LogP contribution in [0, 0.1) is 0 Å². The highest BCUT2D eigenvalue weighted by atomic mass is 19.1. The number of aliphatic hydroxyl groups excluding tert-OH is 6. The topological polar surface area (TPSA) is 204 Å². The third-order valence-corrected chi connectivity index (χ3v) is 4.77. The molecular weight excluding hydrogens is 403 g/mol. The molecule has 2 aliphatic heterocycles. The van der Waals surface area contributed by atoms with Crippen molar-refractivity contribution in [3.63, 3.8) is 0 Å². The summed E-state index contributed by atoms with van der Waals surface area (Å²) in [5.74, 6) is 0. The Morgan fingerprint density at radius 3 is 2.38 bits per heavy atom. The number of ether oxygens (including phenoxy) is 3. The van der Waals surface area contributed by atoms with Crippen molar-refractivity contribution in [2.24, 2.45) is 0 Å². The molecule has 14 heteroatoms. The summed E-state index contributed by atoms with van der Waals surface area (Å²) in [5.41, 5.74) is -1.69. The van der Waals surface area contributed by atoms with Gasteiger partial charge in [0.15, 0.2) is 12.5 Å². The van der Waals surface area contributed by atoms with Crippen molar-refractivity contribution < 1.29 is 49.2 Å². The van der Waals surface area contributed by atoms with Gasteiger partial charge in [0.1, 0.15) is 42.7 Å². The van der Waals surface area contributed by atoms with Crippen LogP contribution in [0.2, 0.25) is 0 Å². The Morgan fingerprint density at radius 2 is 1.76 bits per heavy atom. The first-order chi connectivity index (χ1) is 13.6. The molecule has 10 atom stereocenters. The van der Waals surface area contributed by atoms with Crippen molar-refractivity contribution in [2.45, 2.75) is 61.6 Å². The van der Waals surface area contributed by atoms with Crippen LogP contribution in [0.5, 0.6) is 0 Å². The fraction of sp³-hybridized carbons (Fsp3) is 0.733. The number of aliphatic hydroxyl groups is 6. The number of halogens is 1. The number of hydrogen-bond donors (Lipinski definition) is 7. The zero-order chi connectivity index (χ0) is 21.5. The van der Waals surface area contributed by atoms with Gasteiger partial charge in [0.2, 0.25) is 6.36 Å². The second-order valence-electron chi connectivity index (χ2n) is 6.67. The van der Waals surface area contributed by atoms with Crippen LogP contribution < -0.4 is 11.2 Å². The summed E-state index contributed by atoms with van der Waals surface area (Å²) in [7, 11) is 0. The average Bonchev–Trinajstić information content (AvgIpc) is 2.97. The molecule has 29 heavy (non-hydrogen) atoms. The number of H-pyrrole nitrogens is 1. The number of alkyl halides is 1. The molecule has 1 aromatic rings. The largest absolute Gasteiger partial charge is 0.394 e. The zero-order valence-electron chi connectivity index (χ0n) is 14.7. The van der Waals surface area contributed by atoms with Gasteiger partial charge in [-0.3, -0.25) is 14.3 Å². The molecule has 3 rings (SSSR count). The molecule has 0 aliphatic carbocycles. The lowest BCUT2D eigenvalue weighted by Crippen LogP contribution is -2.60. The van der Waals surface area contributed by atoms with Crippen LogP contribution in [-0.4, -0.2) is 102 Å². The minimum Gasteiger partial charge on any atom is -0.394 e. The van der Waals surface area contributed by atoms with E-state index in [4.69, 9.17) is 19.3 Å². The van der Waals surface area contributed by atoms with E-state index in [0.717, 1.165) is 16.8 Å². The molecule has 0 aromatic carbocycles. The van der Waals surface area contributed by atoms with Gasteiger partial charge in [-0.05, 0) is 0 Å². The van der Waals surface area contributed by atoms with E-state index < -0.39 is 79.5 Å². The highest BCUT2D eigenvalue weighted by Gasteiger charge is 2.51. The van der Waals surface area contributed by atoms with Crippen molar-refractivity contribution in [1.82, 2.24) is 9.55 Å². The Hall–Kier alpha value is -1.75. The Morgan fingerprint density at radius 1 is 1.07 bits per heavy atom. The van der Waals surface area contributed by atoms with Gasteiger partial charge in [-0.15, -0.1) is 0 Å². The summed E-state index contributed by atoms with van der Waals surface area (Å²) in [5, 5.41) is 58.6. The molecule has 0 radical (unpaired) electrons. The fourth-order valence-corrected chi connectivity index (χ4v) is 3.14. The molecule has 0 bridgehead atoms. The molecule has 1 unspecified atom stereocenters. The molecule has 1 aromatic heterocycles. The van der Waals surface area contributed by atoms with Gasteiger partial charge >= 0.3 is 5.69 Å². The Labute approximate surface area is 161 Å². The van der Waals surface area contributed by atoms with Crippen molar-refractivity contribution >= 4 is 0 Å². The predicted molar refractivity (Wildman–Crippen MR) is 87.0 cm³/mol. The van der Waals surface area contributed by atoms with E-state index in [2.05, 4.69) is 0 Å². The van der Waals surface area contributed by atoms with Crippen LogP contribution in [0.3, 0.4) is 0 Å². The van der Waals surface area contributed by atoms with Gasteiger partial charge in [0, 0.05) is 12.3 Å². The summed E-state index contributed by atoms with van der Waals surface area (Å²) < 4.78 is 30.4. The molecular formula is C15H21FN2O11. The van der Waals surface area contributed by atoms with E-state index in [1.54, 1.807) is 0 Å². The number of rotatable bonds is 5. The van der Waals surface area contributed by atoms with Crippen molar-refractivity contribution in [1.29, 1.82) is 0 Å². The van der Waals surface area contributed by atoms with Crippen LogP contribution >= 0.6 is 0 Å². The van der Waals surface area contributed by atoms with Gasteiger partial charge in [-0.25, -0.2) is 9.18 Å². The molecule has 164 valence electrons. The molecule has 13 nitrogen and oxygen atoms in total. The molecule has 3 heterocycles. The lowest BCUT2D eigenvalue weighted by molar-refractivity contribution is -0.334. The van der Waals surface area contributed by atoms with E-state index >= 15 is 0 Å². The van der Waals surface area contributed by atoms with Gasteiger partial charge in [-0.1, -0.05) is 0 Å². The maximum absolute atomic E-state index is 14.6. The smallest absolute Gasteiger partial charge is 0.330 e. The molecule has 2 fully saturated rings. The molecule has 0 saturated carbocycles. The fourth-order valence-electron chi connectivity index (χ4n) is 3.14. The number of aromatic nitrogens is 2. The van der Waals surface area contributed by atoms with Crippen molar-refractivity contribution in [3.8, 4) is 0 Å². The van der Waals surface area contributed by atoms with Gasteiger partial charge in [-0.2, -0.15) is 0 Å². The monoisotopic (exact) mass is 424 g/mol. The summed E-state index contributed by atoms with van der Waals surface area (Å²) in [6, 6.07) is 0.953. The molecule has 0 spiro atoms. The van der Waals surface area contributed by atoms with E-state index in [0.29, 0.717) is 0 Å². The SMILES string of the molecule is O=c1ccn([C@@H]2O[C@H](C(F)O[C@@H]3O[C@H](CO)[C@H](O)[C@H](O)[C@H]3O)[C@@H](O)[C@H]2O)c(=O)[nH]1. The molecule has 7 N–H and O–H groups in total. The number of hydrogen-bond acceptors (Lipinski definition) is 11. The van der Waals surface area contributed by atoms with Crippen LogP contribution in [0.4, 0.5) is 4.39 Å². The first kappa shape index (κ1) is 21.9. The van der Waals surface area contributed by atoms with Crippen molar-refractivity contribution in [2.75, 3.05) is 6.61 Å². The van der Waals surface area contributed by atoms with Crippen LogP contribution in [-0.2, 0) is 14.2 Å². The maximum atomic E-state index is 14.6. The standard InChI is InChI=1S/C15H21FN2O11/c16-12(29-14-10(25)7(22)6(21)4(3-19)27-14)11-8(23)9(24)13(28-11)18-2-1-5(20)17-15(18)26/h1-2,4,6-14,19,21-25H,3H2,(H,17,20,26)/t4-,6+,7+,8+,9-,10-,11+,12?,13-,14+/m1/s1. The number of nitrogens with zero attached hydrogens (tertiary/aromatic N) is 1. The number of aromatic amines is 1. The summed E-state index contributed by atoms with van der Waals surface area (Å²) >= 11 is 0. The molecule has 2 aliphatic rings. The van der Waals surface area contributed by atoms with Gasteiger partial charge in [0.05, 0.1) is 6.61 Å². The molecule has 0 amide bonds. The predicted octanol–water partition coefficient (Wildman–Crippen LogP) is -4.73. The quantitative estimate of drug-likeness (QED) is 0.239. The Kier molecular flexibility index (Phi) is 6.47. The van der Waals surface area contributed by atoms with Crippen molar-refractivity contribution in [3.05, 3.63) is 33.1 Å². The van der Waals surface area contributed by atoms with Gasteiger partial charge in [0.25, 0.3) is 5.56 Å². The summed E-state index contributed by atoms with van der Waals surface area (Å²) in [6.07, 6.45) is -17.2. The Bertz CT molecular complexity index is 816. The highest BCUT2D eigenvalue weighted by Crippen LogP contribution is 2.33. The van der Waals surface area contributed by atoms with E-state index in [9.17, 15) is 39.5 Å². The highest BCUT2D eigenvalue weighted by molar-refractivity contribution is 4.95. The van der Waals surface area contributed by atoms with E-state index in [-0.39, 0.29) is 0 Å². The second-order valence-corrected chi connectivity index (χ2v) is 6.67. The van der Waals surface area contributed by atoms with E-state index in [1.807, 2.05) is 4.98 Å². The average molecular weight is 424 g/mol. The first-order valence-corrected chi connectivity index (χ1v) is 8.58. The number of nitrogens with one attached hydrogen (secondary N) is 1. The Balaban J connectivity index is 1.73. The molecule has 2 saturated heterocycles. The van der Waals surface area contributed by atoms with Gasteiger partial charge < -0.3 is 44.8 Å². The summed E-state index contributed by atoms with van der Waals surface area (Å²) in [6.45, 7) is -0.764.